The minimum Gasteiger partial charge on any atom is -0.496 e. The molecule has 2 aromatic rings. The number of ether oxygens (including phenoxy) is 2. The molecule has 2 atom stereocenters. The van der Waals surface area contributed by atoms with Crippen LogP contribution in [0, 0.1) is 6.92 Å². The Morgan fingerprint density at radius 2 is 2.15 bits per heavy atom. The first-order valence-electron chi connectivity index (χ1n) is 9.35. The van der Waals surface area contributed by atoms with Gasteiger partial charge in [0.1, 0.15) is 16.4 Å². The lowest BCUT2D eigenvalue weighted by Gasteiger charge is -2.40. The molecule has 0 unspecified atom stereocenters. The van der Waals surface area contributed by atoms with Crippen LogP contribution in [-0.4, -0.2) is 37.6 Å². The molecule has 0 amide bonds. The number of hydrogen-bond acceptors (Lipinski definition) is 5. The van der Waals surface area contributed by atoms with Gasteiger partial charge in [-0.15, -0.1) is 11.3 Å². The van der Waals surface area contributed by atoms with Gasteiger partial charge in [-0.2, -0.15) is 0 Å². The largest absolute Gasteiger partial charge is 0.496 e. The summed E-state index contributed by atoms with van der Waals surface area (Å²) < 4.78 is 11.2. The highest BCUT2D eigenvalue weighted by molar-refractivity contribution is 7.11. The van der Waals surface area contributed by atoms with Gasteiger partial charge in [0.2, 0.25) is 0 Å². The van der Waals surface area contributed by atoms with Crippen LogP contribution in [-0.2, 0) is 10.2 Å². The van der Waals surface area contributed by atoms with E-state index in [0.717, 1.165) is 42.9 Å². The molecule has 1 aromatic heterocycles. The SMILES string of the molecule is COc1ccc([C@@]23CCC(OC(=O)c4cccs4)=C[C@@H]2N(C)CC3)cc1C. The van der Waals surface area contributed by atoms with Gasteiger partial charge in [0.05, 0.1) is 7.11 Å². The van der Waals surface area contributed by atoms with Gasteiger partial charge >= 0.3 is 5.97 Å². The third-order valence-corrected chi connectivity index (χ3v) is 6.88. The van der Waals surface area contributed by atoms with Crippen LogP contribution in [0.2, 0.25) is 0 Å². The fourth-order valence-corrected chi connectivity index (χ4v) is 5.15. The lowest BCUT2D eigenvalue weighted by Crippen LogP contribution is -2.42. The summed E-state index contributed by atoms with van der Waals surface area (Å²) in [6, 6.07) is 10.5. The Hall–Kier alpha value is -2.11. The van der Waals surface area contributed by atoms with E-state index < -0.39 is 0 Å². The van der Waals surface area contributed by atoms with Crippen molar-refractivity contribution in [1.29, 1.82) is 0 Å². The standard InChI is InChI=1S/C22H25NO3S/c1-15-13-16(6-7-18(15)25-3)22-9-8-17(14-20(22)23(2)11-10-22)26-21(24)19-5-4-12-27-19/h4-7,12-14,20H,8-11H2,1-3H3/t20-,22-/m0/s1. The number of carbonyl (C=O) groups excluding carboxylic acids is 1. The van der Waals surface area contributed by atoms with Gasteiger partial charge in [-0.3, -0.25) is 4.90 Å². The van der Waals surface area contributed by atoms with E-state index in [2.05, 4.69) is 43.1 Å². The summed E-state index contributed by atoms with van der Waals surface area (Å²) in [5.41, 5.74) is 2.59. The van der Waals surface area contributed by atoms with E-state index >= 15 is 0 Å². The molecule has 2 aliphatic rings. The molecular formula is C22H25NO3S. The molecule has 0 saturated carbocycles. The Labute approximate surface area is 164 Å². The molecule has 1 saturated heterocycles. The summed E-state index contributed by atoms with van der Waals surface area (Å²) in [4.78, 5) is 15.4. The van der Waals surface area contributed by atoms with E-state index in [1.54, 1.807) is 7.11 Å². The van der Waals surface area contributed by atoms with Crippen molar-refractivity contribution in [2.45, 2.75) is 37.6 Å². The van der Waals surface area contributed by atoms with E-state index in [4.69, 9.17) is 9.47 Å². The van der Waals surface area contributed by atoms with E-state index in [-0.39, 0.29) is 17.4 Å². The highest BCUT2D eigenvalue weighted by Crippen LogP contribution is 2.48. The molecule has 4 rings (SSSR count). The Kier molecular flexibility index (Phi) is 4.82. The Morgan fingerprint density at radius 1 is 1.30 bits per heavy atom. The third-order valence-electron chi connectivity index (χ3n) is 6.03. The molecule has 4 nitrogen and oxygen atoms in total. The zero-order valence-electron chi connectivity index (χ0n) is 16.0. The van der Waals surface area contributed by atoms with Crippen molar-refractivity contribution in [2.75, 3.05) is 20.7 Å². The molecule has 1 fully saturated rings. The average molecular weight is 384 g/mol. The molecule has 0 radical (unpaired) electrons. The molecule has 5 heteroatoms. The number of carbonyl (C=O) groups is 1. The van der Waals surface area contributed by atoms with E-state index in [1.807, 2.05) is 17.5 Å². The first-order chi connectivity index (χ1) is 13.0. The average Bonchev–Trinajstić information content (AvgIpc) is 3.31. The van der Waals surface area contributed by atoms with Gasteiger partial charge in [-0.1, -0.05) is 18.2 Å². The summed E-state index contributed by atoms with van der Waals surface area (Å²) in [6.45, 7) is 3.14. The summed E-state index contributed by atoms with van der Waals surface area (Å²) in [7, 11) is 3.87. The van der Waals surface area contributed by atoms with Gasteiger partial charge in [-0.25, -0.2) is 4.79 Å². The fourth-order valence-electron chi connectivity index (χ4n) is 4.55. The van der Waals surface area contributed by atoms with Crippen LogP contribution in [0.5, 0.6) is 5.75 Å². The topological polar surface area (TPSA) is 38.8 Å². The van der Waals surface area contributed by atoms with Crippen LogP contribution < -0.4 is 4.74 Å². The van der Waals surface area contributed by atoms with Crippen molar-refractivity contribution < 1.29 is 14.3 Å². The summed E-state index contributed by atoms with van der Waals surface area (Å²) >= 11 is 1.42. The first kappa shape index (κ1) is 18.3. The maximum absolute atomic E-state index is 12.3. The molecule has 0 bridgehead atoms. The van der Waals surface area contributed by atoms with E-state index in [1.165, 1.54) is 16.9 Å². The molecule has 0 spiro atoms. The minimum atomic E-state index is -0.246. The number of likely N-dealkylation sites (tertiary alicyclic amines) is 1. The maximum Gasteiger partial charge on any atom is 0.353 e. The van der Waals surface area contributed by atoms with Crippen molar-refractivity contribution in [2.24, 2.45) is 0 Å². The second-order valence-corrected chi connectivity index (χ2v) is 8.46. The molecule has 1 aromatic carbocycles. The molecule has 27 heavy (non-hydrogen) atoms. The molecule has 2 heterocycles. The molecule has 0 N–H and O–H groups in total. The number of esters is 1. The number of rotatable bonds is 4. The summed E-state index contributed by atoms with van der Waals surface area (Å²) in [5, 5.41) is 1.90. The number of fused-ring (bicyclic) bond motifs is 1. The second kappa shape index (κ2) is 7.13. The van der Waals surface area contributed by atoms with E-state index in [9.17, 15) is 4.79 Å². The van der Waals surface area contributed by atoms with Gasteiger partial charge in [0.15, 0.2) is 0 Å². The predicted octanol–water partition coefficient (Wildman–Crippen LogP) is 4.54. The minimum absolute atomic E-state index is 0.0740. The number of benzene rings is 1. The number of allylic oxidation sites excluding steroid dienone is 1. The Morgan fingerprint density at radius 3 is 2.85 bits per heavy atom. The number of methoxy groups -OCH3 is 1. The zero-order chi connectivity index (χ0) is 19.0. The van der Waals surface area contributed by atoms with Crippen molar-refractivity contribution in [3.8, 4) is 5.75 Å². The predicted molar refractivity (Wildman–Crippen MR) is 107 cm³/mol. The van der Waals surface area contributed by atoms with Gasteiger partial charge in [0, 0.05) is 17.9 Å². The van der Waals surface area contributed by atoms with Crippen LogP contribution >= 0.6 is 11.3 Å². The van der Waals surface area contributed by atoms with Crippen molar-refractivity contribution in [3.63, 3.8) is 0 Å². The van der Waals surface area contributed by atoms with E-state index in [0.29, 0.717) is 4.88 Å². The van der Waals surface area contributed by atoms with Gasteiger partial charge in [0.25, 0.3) is 0 Å². The first-order valence-corrected chi connectivity index (χ1v) is 10.2. The molecule has 142 valence electrons. The normalized spacial score (nSPS) is 25.0. The van der Waals surface area contributed by atoms with Crippen LogP contribution in [0.4, 0.5) is 0 Å². The summed E-state index contributed by atoms with van der Waals surface area (Å²) in [5.74, 6) is 1.48. The number of hydrogen-bond donors (Lipinski definition) is 0. The molecular weight excluding hydrogens is 358 g/mol. The number of thiophene rings is 1. The van der Waals surface area contributed by atoms with Crippen molar-refractivity contribution in [3.05, 3.63) is 63.6 Å². The Balaban J connectivity index is 1.62. The number of aryl methyl sites for hydroxylation is 1. The van der Waals surface area contributed by atoms with Crippen LogP contribution in [0.1, 0.15) is 40.1 Å². The van der Waals surface area contributed by atoms with Gasteiger partial charge in [-0.05, 0) is 68.1 Å². The second-order valence-electron chi connectivity index (χ2n) is 7.52. The van der Waals surface area contributed by atoms with Gasteiger partial charge < -0.3 is 9.47 Å². The lowest BCUT2D eigenvalue weighted by molar-refractivity contribution is 0.0599. The molecule has 1 aliphatic carbocycles. The van der Waals surface area contributed by atoms with Crippen molar-refractivity contribution in [1.82, 2.24) is 4.90 Å². The maximum atomic E-state index is 12.3. The number of likely N-dealkylation sites (N-methyl/N-ethyl adjacent to an activating group) is 1. The zero-order valence-corrected chi connectivity index (χ0v) is 16.8. The highest BCUT2D eigenvalue weighted by atomic mass is 32.1. The lowest BCUT2D eigenvalue weighted by atomic mass is 9.68. The smallest absolute Gasteiger partial charge is 0.353 e. The molecule has 1 aliphatic heterocycles. The Bertz CT molecular complexity index is 874. The quantitative estimate of drug-likeness (QED) is 0.727. The third kappa shape index (κ3) is 3.19. The monoisotopic (exact) mass is 383 g/mol. The van der Waals surface area contributed by atoms with Crippen molar-refractivity contribution >= 4 is 17.3 Å². The summed E-state index contributed by atoms with van der Waals surface area (Å²) in [6.07, 6.45) is 5.05. The van der Waals surface area contributed by atoms with Crippen LogP contribution in [0.3, 0.4) is 0 Å². The fraction of sp³-hybridized carbons (Fsp3) is 0.409. The number of nitrogens with zero attached hydrogens (tertiary/aromatic N) is 1. The van der Waals surface area contributed by atoms with Crippen LogP contribution in [0.25, 0.3) is 0 Å². The van der Waals surface area contributed by atoms with Crippen LogP contribution in [0.15, 0.2) is 47.5 Å². The highest BCUT2D eigenvalue weighted by Gasteiger charge is 2.48.